The number of rotatable bonds is 15. The lowest BCUT2D eigenvalue weighted by molar-refractivity contribution is -0.113. The largest absolute Gasteiger partial charge is 0.698 e. The first-order chi connectivity index (χ1) is 18.0. The number of benzene rings is 1. The molecule has 7 nitrogen and oxygen atoms in total. The highest BCUT2D eigenvalue weighted by molar-refractivity contribution is 6.61. The Morgan fingerprint density at radius 3 is 1.61 bits per heavy atom. The van der Waals surface area contributed by atoms with Gasteiger partial charge in [-0.3, -0.25) is 14.4 Å². The molecule has 0 aromatic heterocycles. The molecule has 8 heteroatoms. The molecule has 208 valence electrons. The van der Waals surface area contributed by atoms with E-state index in [-0.39, 0.29) is 17.3 Å². The molecule has 1 aromatic rings. The van der Waals surface area contributed by atoms with E-state index in [0.29, 0.717) is 42.3 Å². The SMILES string of the molecule is CC(=O)C=C(C)O[Si](CCCOc1ccc(C2CCCCC2)cc1)(OC(C)=CC(C)=O)OC(C)=CC(C)=O. The highest BCUT2D eigenvalue weighted by Crippen LogP contribution is 2.33. The van der Waals surface area contributed by atoms with Crippen LogP contribution < -0.4 is 4.74 Å². The molecular formula is C30H42O7Si. The van der Waals surface area contributed by atoms with Crippen molar-refractivity contribution in [3.63, 3.8) is 0 Å². The zero-order valence-corrected chi connectivity index (χ0v) is 24.6. The molecule has 0 spiro atoms. The molecule has 1 aromatic carbocycles. The summed E-state index contributed by atoms with van der Waals surface area (Å²) in [7, 11) is -3.60. The molecule has 0 unspecified atom stereocenters. The fourth-order valence-electron chi connectivity index (χ4n) is 4.65. The Balaban J connectivity index is 2.18. The molecule has 1 saturated carbocycles. The van der Waals surface area contributed by atoms with Crippen LogP contribution in [0.25, 0.3) is 0 Å². The van der Waals surface area contributed by atoms with Crippen LogP contribution in [0.5, 0.6) is 5.75 Å². The van der Waals surface area contributed by atoms with Crippen molar-refractivity contribution in [2.45, 2.75) is 92.0 Å². The topological polar surface area (TPSA) is 88.1 Å². The average Bonchev–Trinajstić information content (AvgIpc) is 2.81. The minimum atomic E-state index is -3.60. The van der Waals surface area contributed by atoms with Gasteiger partial charge in [0, 0.05) is 18.2 Å². The lowest BCUT2D eigenvalue weighted by Gasteiger charge is -2.31. The van der Waals surface area contributed by atoms with Crippen molar-refractivity contribution in [1.29, 1.82) is 0 Å². The number of hydrogen-bond acceptors (Lipinski definition) is 7. The monoisotopic (exact) mass is 542 g/mol. The Kier molecular flexibility index (Phi) is 12.5. The maximum atomic E-state index is 11.7. The summed E-state index contributed by atoms with van der Waals surface area (Å²) in [6.45, 7) is 9.60. The number of allylic oxidation sites excluding steroid dienone is 6. The Morgan fingerprint density at radius 1 is 0.737 bits per heavy atom. The van der Waals surface area contributed by atoms with Crippen LogP contribution in [0, 0.1) is 0 Å². The Hall–Kier alpha value is -3.13. The van der Waals surface area contributed by atoms with Gasteiger partial charge in [0.1, 0.15) is 5.75 Å². The van der Waals surface area contributed by atoms with Gasteiger partial charge in [-0.05, 0) is 84.4 Å². The minimum Gasteiger partial charge on any atom is -0.494 e. The van der Waals surface area contributed by atoms with Crippen molar-refractivity contribution in [2.24, 2.45) is 0 Å². The molecule has 0 amide bonds. The van der Waals surface area contributed by atoms with Crippen LogP contribution in [0.2, 0.25) is 6.04 Å². The second-order valence-electron chi connectivity index (χ2n) is 9.94. The summed E-state index contributed by atoms with van der Waals surface area (Å²) in [6.07, 6.45) is 11.0. The highest BCUT2D eigenvalue weighted by atomic mass is 28.4. The minimum absolute atomic E-state index is 0.183. The third kappa shape index (κ3) is 11.5. The van der Waals surface area contributed by atoms with Crippen LogP contribution in [0.4, 0.5) is 0 Å². The molecule has 0 bridgehead atoms. The van der Waals surface area contributed by atoms with Gasteiger partial charge in [-0.25, -0.2) is 0 Å². The maximum absolute atomic E-state index is 11.7. The fraction of sp³-hybridized carbons (Fsp3) is 0.500. The zero-order chi connectivity index (χ0) is 28.1. The van der Waals surface area contributed by atoms with Crippen LogP contribution >= 0.6 is 0 Å². The van der Waals surface area contributed by atoms with Crippen molar-refractivity contribution in [3.8, 4) is 5.75 Å². The Morgan fingerprint density at radius 2 is 1.18 bits per heavy atom. The fourth-order valence-corrected chi connectivity index (χ4v) is 7.31. The molecular weight excluding hydrogens is 500 g/mol. The normalized spacial score (nSPS) is 16.8. The summed E-state index contributed by atoms with van der Waals surface area (Å²) in [4.78, 5) is 35.0. The summed E-state index contributed by atoms with van der Waals surface area (Å²) >= 11 is 0. The standard InChI is InChI=1S/C30H42O7Si/c1-22(31)19-25(4)35-38(36-26(5)20-23(2)32,37-27(6)21-24(3)33)18-10-17-34-30-15-13-29(14-16-30)28-11-8-7-9-12-28/h13-16,19-21,28H,7-12,17-18H2,1-6H3. The quantitative estimate of drug-likeness (QED) is 0.102. The molecule has 0 heterocycles. The molecule has 0 atom stereocenters. The number of ketones is 3. The van der Waals surface area contributed by atoms with E-state index >= 15 is 0 Å². The van der Waals surface area contributed by atoms with E-state index in [4.69, 9.17) is 18.0 Å². The Labute approximate surface area is 228 Å². The average molecular weight is 543 g/mol. The van der Waals surface area contributed by atoms with Crippen LogP contribution in [0.3, 0.4) is 0 Å². The van der Waals surface area contributed by atoms with E-state index < -0.39 is 8.80 Å². The van der Waals surface area contributed by atoms with Gasteiger partial charge < -0.3 is 18.0 Å². The second-order valence-corrected chi connectivity index (χ2v) is 12.4. The Bertz CT molecular complexity index is 968. The third-order valence-corrected chi connectivity index (χ3v) is 8.89. The van der Waals surface area contributed by atoms with Gasteiger partial charge >= 0.3 is 8.80 Å². The van der Waals surface area contributed by atoms with Gasteiger partial charge in [-0.1, -0.05) is 31.4 Å². The summed E-state index contributed by atoms with van der Waals surface area (Å²) < 4.78 is 24.5. The molecule has 0 radical (unpaired) electrons. The van der Waals surface area contributed by atoms with Crippen molar-refractivity contribution in [1.82, 2.24) is 0 Å². The van der Waals surface area contributed by atoms with E-state index in [0.717, 1.165) is 5.75 Å². The highest BCUT2D eigenvalue weighted by Gasteiger charge is 2.49. The molecule has 2 rings (SSSR count). The van der Waals surface area contributed by atoms with Gasteiger partial charge in [-0.15, -0.1) is 0 Å². The summed E-state index contributed by atoms with van der Waals surface area (Å²) in [6, 6.07) is 8.65. The smallest absolute Gasteiger partial charge is 0.494 e. The first-order valence-corrected chi connectivity index (χ1v) is 15.3. The van der Waals surface area contributed by atoms with E-state index in [1.807, 2.05) is 12.1 Å². The lowest BCUT2D eigenvalue weighted by atomic mass is 9.84. The number of carbonyl (C=O) groups excluding carboxylic acids is 3. The molecule has 38 heavy (non-hydrogen) atoms. The number of carbonyl (C=O) groups is 3. The number of hydrogen-bond donors (Lipinski definition) is 0. The predicted octanol–water partition coefficient (Wildman–Crippen LogP) is 6.97. The first-order valence-electron chi connectivity index (χ1n) is 13.3. The van der Waals surface area contributed by atoms with Gasteiger partial charge in [0.2, 0.25) is 0 Å². The van der Waals surface area contributed by atoms with Crippen LogP contribution in [-0.4, -0.2) is 32.8 Å². The van der Waals surface area contributed by atoms with Gasteiger partial charge in [0.05, 0.1) is 29.9 Å². The third-order valence-electron chi connectivity index (χ3n) is 6.02. The van der Waals surface area contributed by atoms with Crippen LogP contribution in [0.15, 0.2) is 59.8 Å². The van der Waals surface area contributed by atoms with Crippen LogP contribution in [0.1, 0.15) is 91.5 Å². The van der Waals surface area contributed by atoms with Crippen molar-refractivity contribution in [2.75, 3.05) is 6.61 Å². The van der Waals surface area contributed by atoms with Gasteiger partial charge in [0.15, 0.2) is 17.3 Å². The summed E-state index contributed by atoms with van der Waals surface area (Å²) in [5.74, 6) is 1.86. The van der Waals surface area contributed by atoms with E-state index in [9.17, 15) is 14.4 Å². The van der Waals surface area contributed by atoms with E-state index in [1.54, 1.807) is 20.8 Å². The zero-order valence-electron chi connectivity index (χ0n) is 23.6. The van der Waals surface area contributed by atoms with Crippen molar-refractivity contribution in [3.05, 3.63) is 65.3 Å². The van der Waals surface area contributed by atoms with E-state index in [2.05, 4.69) is 12.1 Å². The van der Waals surface area contributed by atoms with E-state index in [1.165, 1.54) is 76.7 Å². The van der Waals surface area contributed by atoms with Gasteiger partial charge in [-0.2, -0.15) is 0 Å². The maximum Gasteiger partial charge on any atom is 0.698 e. The summed E-state index contributed by atoms with van der Waals surface area (Å²) in [5.41, 5.74) is 1.37. The predicted molar refractivity (Wildman–Crippen MR) is 150 cm³/mol. The lowest BCUT2D eigenvalue weighted by Crippen LogP contribution is -2.45. The number of ether oxygens (including phenoxy) is 1. The van der Waals surface area contributed by atoms with Gasteiger partial charge in [0.25, 0.3) is 0 Å². The summed E-state index contributed by atoms with van der Waals surface area (Å²) in [5, 5.41) is 0. The molecule has 1 aliphatic rings. The van der Waals surface area contributed by atoms with Crippen molar-refractivity contribution < 1.29 is 32.4 Å². The second kappa shape index (κ2) is 15.3. The first kappa shape index (κ1) is 31.1. The molecule has 0 aliphatic heterocycles. The molecule has 0 saturated heterocycles. The molecule has 0 N–H and O–H groups in total. The van der Waals surface area contributed by atoms with Crippen LogP contribution in [-0.2, 0) is 27.7 Å². The van der Waals surface area contributed by atoms with Crippen molar-refractivity contribution >= 4 is 26.2 Å². The molecule has 1 aliphatic carbocycles. The molecule has 1 fully saturated rings.